The van der Waals surface area contributed by atoms with E-state index in [1.165, 1.54) is 17.1 Å². The summed E-state index contributed by atoms with van der Waals surface area (Å²) in [6.45, 7) is 0.00218. The molecule has 20 heavy (non-hydrogen) atoms. The van der Waals surface area contributed by atoms with E-state index in [-0.39, 0.29) is 12.5 Å². The molecule has 2 aromatic rings. The Hall–Kier alpha value is -3.03. The lowest BCUT2D eigenvalue weighted by Crippen LogP contribution is -2.19. The van der Waals surface area contributed by atoms with E-state index in [1.807, 2.05) is 0 Å². The maximum absolute atomic E-state index is 11.7. The van der Waals surface area contributed by atoms with Crippen LogP contribution in [0.3, 0.4) is 0 Å². The first-order chi connectivity index (χ1) is 9.63. The van der Waals surface area contributed by atoms with Gasteiger partial charge in [-0.1, -0.05) is 12.1 Å². The molecule has 1 aromatic heterocycles. The summed E-state index contributed by atoms with van der Waals surface area (Å²) in [4.78, 5) is 22.2. The largest absolute Gasteiger partial charge is 0.478 e. The molecule has 2 N–H and O–H groups in total. The lowest BCUT2D eigenvalue weighted by molar-refractivity contribution is -0.131. The highest BCUT2D eigenvalue weighted by molar-refractivity contribution is 5.91. The fraction of sp³-hybridized carbons (Fsp3) is 0.0833. The van der Waals surface area contributed by atoms with Crippen molar-refractivity contribution in [1.82, 2.24) is 20.2 Å². The molecule has 1 heterocycles. The van der Waals surface area contributed by atoms with Crippen LogP contribution in [0, 0.1) is 0 Å². The molecule has 0 bridgehead atoms. The molecule has 0 spiro atoms. The van der Waals surface area contributed by atoms with Gasteiger partial charge in [0.25, 0.3) is 0 Å². The number of rotatable bonds is 5. The number of carboxylic acid groups (broad SMARTS) is 1. The molecule has 8 heteroatoms. The van der Waals surface area contributed by atoms with Gasteiger partial charge in [-0.05, 0) is 34.2 Å². The van der Waals surface area contributed by atoms with Gasteiger partial charge in [0.15, 0.2) is 0 Å². The number of aliphatic carboxylic acids is 1. The molecule has 0 atom stereocenters. The molecule has 0 radical (unpaired) electrons. The summed E-state index contributed by atoms with van der Waals surface area (Å²) in [7, 11) is 0. The van der Waals surface area contributed by atoms with E-state index in [0.29, 0.717) is 11.3 Å². The molecule has 0 aliphatic carbocycles. The molecule has 2 rings (SSSR count). The normalized spacial score (nSPS) is 10.6. The van der Waals surface area contributed by atoms with E-state index in [2.05, 4.69) is 20.8 Å². The van der Waals surface area contributed by atoms with E-state index < -0.39 is 5.97 Å². The number of hydrogen-bond acceptors (Lipinski definition) is 5. The van der Waals surface area contributed by atoms with E-state index in [4.69, 9.17) is 5.11 Å². The summed E-state index contributed by atoms with van der Waals surface area (Å²) >= 11 is 0. The first kappa shape index (κ1) is 13.4. The van der Waals surface area contributed by atoms with Gasteiger partial charge in [0.1, 0.15) is 12.9 Å². The van der Waals surface area contributed by atoms with Crippen molar-refractivity contribution in [3.8, 4) is 0 Å². The summed E-state index contributed by atoms with van der Waals surface area (Å²) < 4.78 is 1.30. The minimum Gasteiger partial charge on any atom is -0.478 e. The van der Waals surface area contributed by atoms with Crippen molar-refractivity contribution in [3.05, 3.63) is 42.2 Å². The lowest BCUT2D eigenvalue weighted by Gasteiger charge is -2.05. The van der Waals surface area contributed by atoms with Crippen LogP contribution < -0.4 is 5.32 Å². The second kappa shape index (κ2) is 6.23. The number of carboxylic acids is 1. The summed E-state index contributed by atoms with van der Waals surface area (Å²) in [5, 5.41) is 21.7. The Kier molecular flexibility index (Phi) is 4.17. The summed E-state index contributed by atoms with van der Waals surface area (Å²) in [5.74, 6) is -1.31. The number of nitrogens with zero attached hydrogens (tertiary/aromatic N) is 4. The monoisotopic (exact) mass is 273 g/mol. The number of aromatic nitrogens is 4. The Morgan fingerprint density at radius 2 is 2.25 bits per heavy atom. The Labute approximate surface area is 113 Å². The van der Waals surface area contributed by atoms with Crippen LogP contribution in [0.25, 0.3) is 6.08 Å². The van der Waals surface area contributed by atoms with Crippen molar-refractivity contribution in [2.45, 2.75) is 6.54 Å². The second-order valence-electron chi connectivity index (χ2n) is 3.85. The molecule has 0 aliphatic rings. The van der Waals surface area contributed by atoms with Gasteiger partial charge in [0, 0.05) is 11.8 Å². The van der Waals surface area contributed by atoms with Crippen LogP contribution in [0.4, 0.5) is 5.69 Å². The van der Waals surface area contributed by atoms with Crippen LogP contribution in [-0.4, -0.2) is 37.2 Å². The van der Waals surface area contributed by atoms with Gasteiger partial charge in [-0.2, -0.15) is 0 Å². The first-order valence-corrected chi connectivity index (χ1v) is 5.65. The second-order valence-corrected chi connectivity index (χ2v) is 3.85. The molecule has 0 fully saturated rings. The van der Waals surface area contributed by atoms with Crippen LogP contribution in [-0.2, 0) is 16.1 Å². The number of nitrogens with one attached hydrogen (secondary N) is 1. The zero-order chi connectivity index (χ0) is 14.4. The molecule has 8 nitrogen and oxygen atoms in total. The first-order valence-electron chi connectivity index (χ1n) is 5.65. The predicted octanol–water partition coefficient (Wildman–Crippen LogP) is 0.410. The van der Waals surface area contributed by atoms with Crippen LogP contribution in [0.2, 0.25) is 0 Å². The van der Waals surface area contributed by atoms with Gasteiger partial charge in [0.05, 0.1) is 0 Å². The topological polar surface area (TPSA) is 110 Å². The zero-order valence-corrected chi connectivity index (χ0v) is 10.3. The van der Waals surface area contributed by atoms with E-state index >= 15 is 0 Å². The number of carbonyl (C=O) groups is 2. The Balaban J connectivity index is 2.00. The molecular weight excluding hydrogens is 262 g/mol. The molecular formula is C12H11N5O3. The molecule has 0 saturated heterocycles. The van der Waals surface area contributed by atoms with Crippen molar-refractivity contribution >= 4 is 23.6 Å². The summed E-state index contributed by atoms with van der Waals surface area (Å²) in [5.41, 5.74) is 1.24. The van der Waals surface area contributed by atoms with Gasteiger partial charge < -0.3 is 10.4 Å². The molecule has 1 aromatic carbocycles. The SMILES string of the molecule is O=C(O)C=Cc1cccc(NC(=O)Cn2cnnn2)c1. The van der Waals surface area contributed by atoms with Crippen molar-refractivity contribution in [2.24, 2.45) is 0 Å². The summed E-state index contributed by atoms with van der Waals surface area (Å²) in [6.07, 6.45) is 3.81. The average molecular weight is 273 g/mol. The number of amides is 1. The van der Waals surface area contributed by atoms with Crippen molar-refractivity contribution in [1.29, 1.82) is 0 Å². The number of anilines is 1. The third kappa shape index (κ3) is 4.02. The van der Waals surface area contributed by atoms with Gasteiger partial charge in [-0.15, -0.1) is 5.10 Å². The number of tetrazole rings is 1. The van der Waals surface area contributed by atoms with Gasteiger partial charge in [0.2, 0.25) is 5.91 Å². The molecule has 0 aliphatic heterocycles. The predicted molar refractivity (Wildman–Crippen MR) is 69.6 cm³/mol. The molecule has 0 saturated carbocycles. The maximum atomic E-state index is 11.7. The molecule has 1 amide bonds. The van der Waals surface area contributed by atoms with Crippen LogP contribution in [0.1, 0.15) is 5.56 Å². The van der Waals surface area contributed by atoms with E-state index in [0.717, 1.165) is 6.08 Å². The quantitative estimate of drug-likeness (QED) is 0.763. The third-order valence-corrected chi connectivity index (χ3v) is 2.29. The number of carbonyl (C=O) groups excluding carboxylic acids is 1. The summed E-state index contributed by atoms with van der Waals surface area (Å²) in [6, 6.07) is 6.82. The van der Waals surface area contributed by atoms with Crippen molar-refractivity contribution in [3.63, 3.8) is 0 Å². The van der Waals surface area contributed by atoms with Crippen molar-refractivity contribution in [2.75, 3.05) is 5.32 Å². The third-order valence-electron chi connectivity index (χ3n) is 2.29. The molecule has 102 valence electrons. The molecule has 0 unspecified atom stereocenters. The Morgan fingerprint density at radius 1 is 1.40 bits per heavy atom. The van der Waals surface area contributed by atoms with Crippen LogP contribution in [0.5, 0.6) is 0 Å². The van der Waals surface area contributed by atoms with Gasteiger partial charge in [-0.25, -0.2) is 9.48 Å². The van der Waals surface area contributed by atoms with E-state index in [9.17, 15) is 9.59 Å². The standard InChI is InChI=1S/C12H11N5O3/c18-11(7-17-8-13-15-16-17)14-10-3-1-2-9(6-10)4-5-12(19)20/h1-6,8H,7H2,(H,14,18)(H,19,20). The fourth-order valence-corrected chi connectivity index (χ4v) is 1.49. The van der Waals surface area contributed by atoms with Crippen LogP contribution in [0.15, 0.2) is 36.7 Å². The highest BCUT2D eigenvalue weighted by atomic mass is 16.4. The van der Waals surface area contributed by atoms with E-state index in [1.54, 1.807) is 24.3 Å². The zero-order valence-electron chi connectivity index (χ0n) is 10.3. The minimum absolute atomic E-state index is 0.00218. The lowest BCUT2D eigenvalue weighted by atomic mass is 10.2. The maximum Gasteiger partial charge on any atom is 0.328 e. The van der Waals surface area contributed by atoms with Crippen LogP contribution >= 0.6 is 0 Å². The van der Waals surface area contributed by atoms with Gasteiger partial charge >= 0.3 is 5.97 Å². The smallest absolute Gasteiger partial charge is 0.328 e. The number of hydrogen-bond donors (Lipinski definition) is 2. The van der Waals surface area contributed by atoms with Gasteiger partial charge in [-0.3, -0.25) is 4.79 Å². The average Bonchev–Trinajstić information content (AvgIpc) is 2.89. The Morgan fingerprint density at radius 3 is 2.95 bits per heavy atom. The number of benzene rings is 1. The highest BCUT2D eigenvalue weighted by Gasteiger charge is 2.04. The Bertz CT molecular complexity index is 636. The highest BCUT2D eigenvalue weighted by Crippen LogP contribution is 2.12. The fourth-order valence-electron chi connectivity index (χ4n) is 1.49. The minimum atomic E-state index is -1.03. The van der Waals surface area contributed by atoms with Crippen molar-refractivity contribution < 1.29 is 14.7 Å².